The first-order valence-electron chi connectivity index (χ1n) is 6.31. The molecular formula is C12H22N4O2. The summed E-state index contributed by atoms with van der Waals surface area (Å²) in [5.41, 5.74) is 0. The van der Waals surface area contributed by atoms with E-state index in [0.717, 1.165) is 13.0 Å². The highest BCUT2D eigenvalue weighted by atomic mass is 16.5. The van der Waals surface area contributed by atoms with E-state index < -0.39 is 0 Å². The highest BCUT2D eigenvalue weighted by Crippen LogP contribution is 2.07. The first kappa shape index (κ1) is 14.7. The second-order valence-electron chi connectivity index (χ2n) is 4.05. The Bertz CT molecular complexity index is 334. The van der Waals surface area contributed by atoms with Crippen molar-refractivity contribution in [2.24, 2.45) is 0 Å². The van der Waals surface area contributed by atoms with E-state index in [9.17, 15) is 0 Å². The van der Waals surface area contributed by atoms with E-state index in [-0.39, 0.29) is 6.10 Å². The molecule has 0 aliphatic rings. The average molecular weight is 254 g/mol. The second kappa shape index (κ2) is 8.66. The maximum atomic E-state index is 9.06. The molecule has 0 radical (unpaired) electrons. The van der Waals surface area contributed by atoms with Gasteiger partial charge in [0.2, 0.25) is 11.8 Å². The summed E-state index contributed by atoms with van der Waals surface area (Å²) < 4.78 is 5.41. The molecule has 1 rings (SSSR count). The van der Waals surface area contributed by atoms with E-state index in [2.05, 4.69) is 20.6 Å². The molecule has 1 aromatic rings. The third kappa shape index (κ3) is 6.36. The second-order valence-corrected chi connectivity index (χ2v) is 4.05. The largest absolute Gasteiger partial charge is 0.478 e. The SMILES string of the molecule is CCCOc1ccnc(NCCNCC(C)O)n1. The van der Waals surface area contributed by atoms with E-state index in [1.54, 1.807) is 19.2 Å². The van der Waals surface area contributed by atoms with Crippen LogP contribution in [0.3, 0.4) is 0 Å². The molecule has 6 nitrogen and oxygen atoms in total. The summed E-state index contributed by atoms with van der Waals surface area (Å²) in [5, 5.41) is 15.3. The van der Waals surface area contributed by atoms with E-state index in [1.807, 2.05) is 6.92 Å². The van der Waals surface area contributed by atoms with Crippen LogP contribution in [-0.4, -0.2) is 47.4 Å². The molecule has 0 aliphatic heterocycles. The van der Waals surface area contributed by atoms with Gasteiger partial charge in [-0.05, 0) is 13.3 Å². The van der Waals surface area contributed by atoms with Gasteiger partial charge in [0.15, 0.2) is 0 Å². The van der Waals surface area contributed by atoms with Crippen LogP contribution >= 0.6 is 0 Å². The van der Waals surface area contributed by atoms with E-state index in [1.165, 1.54) is 0 Å². The van der Waals surface area contributed by atoms with E-state index in [4.69, 9.17) is 9.84 Å². The van der Waals surface area contributed by atoms with Crippen molar-refractivity contribution in [1.29, 1.82) is 0 Å². The van der Waals surface area contributed by atoms with E-state index in [0.29, 0.717) is 31.5 Å². The smallest absolute Gasteiger partial charge is 0.225 e. The van der Waals surface area contributed by atoms with Crippen LogP contribution in [0, 0.1) is 0 Å². The molecule has 102 valence electrons. The van der Waals surface area contributed by atoms with Crippen LogP contribution in [0.1, 0.15) is 20.3 Å². The molecule has 0 saturated carbocycles. The fourth-order valence-electron chi connectivity index (χ4n) is 1.29. The number of aliphatic hydroxyl groups excluding tert-OH is 1. The quantitative estimate of drug-likeness (QED) is 0.561. The van der Waals surface area contributed by atoms with Crippen molar-refractivity contribution in [3.05, 3.63) is 12.3 Å². The first-order valence-corrected chi connectivity index (χ1v) is 6.31. The zero-order chi connectivity index (χ0) is 13.2. The molecule has 1 heterocycles. The Morgan fingerprint density at radius 1 is 1.44 bits per heavy atom. The lowest BCUT2D eigenvalue weighted by atomic mass is 10.4. The van der Waals surface area contributed by atoms with Gasteiger partial charge in [-0.3, -0.25) is 0 Å². The predicted octanol–water partition coefficient (Wildman–Crippen LogP) is 0.648. The lowest BCUT2D eigenvalue weighted by Gasteiger charge is -2.09. The number of aromatic nitrogens is 2. The van der Waals surface area contributed by atoms with Gasteiger partial charge in [-0.1, -0.05) is 6.92 Å². The zero-order valence-electron chi connectivity index (χ0n) is 11.0. The fourth-order valence-corrected chi connectivity index (χ4v) is 1.29. The van der Waals surface area contributed by atoms with Crippen LogP contribution in [0.5, 0.6) is 5.88 Å². The maximum absolute atomic E-state index is 9.06. The number of nitrogens with zero attached hydrogens (tertiary/aromatic N) is 2. The van der Waals surface area contributed by atoms with Gasteiger partial charge in [0.1, 0.15) is 0 Å². The lowest BCUT2D eigenvalue weighted by molar-refractivity contribution is 0.192. The minimum atomic E-state index is -0.327. The van der Waals surface area contributed by atoms with Crippen LogP contribution < -0.4 is 15.4 Å². The van der Waals surface area contributed by atoms with Gasteiger partial charge >= 0.3 is 0 Å². The first-order chi connectivity index (χ1) is 8.72. The molecule has 0 aliphatic carbocycles. The molecule has 18 heavy (non-hydrogen) atoms. The minimum Gasteiger partial charge on any atom is -0.478 e. The van der Waals surface area contributed by atoms with Gasteiger partial charge in [-0.25, -0.2) is 4.98 Å². The van der Waals surface area contributed by atoms with Crippen LogP contribution in [0.15, 0.2) is 12.3 Å². The van der Waals surface area contributed by atoms with Crippen molar-refractivity contribution in [3.63, 3.8) is 0 Å². The Morgan fingerprint density at radius 3 is 3.00 bits per heavy atom. The van der Waals surface area contributed by atoms with Gasteiger partial charge in [-0.15, -0.1) is 0 Å². The average Bonchev–Trinajstić information content (AvgIpc) is 2.36. The van der Waals surface area contributed by atoms with Crippen molar-refractivity contribution in [3.8, 4) is 5.88 Å². The summed E-state index contributed by atoms with van der Waals surface area (Å²) in [6.45, 7) is 6.49. The zero-order valence-corrected chi connectivity index (χ0v) is 11.0. The Kier molecular flexibility index (Phi) is 7.05. The van der Waals surface area contributed by atoms with Crippen LogP contribution in [0.4, 0.5) is 5.95 Å². The highest BCUT2D eigenvalue weighted by Gasteiger charge is 1.99. The molecule has 0 amide bonds. The molecule has 1 unspecified atom stereocenters. The monoisotopic (exact) mass is 254 g/mol. The molecule has 0 fully saturated rings. The van der Waals surface area contributed by atoms with Crippen molar-refractivity contribution in [2.45, 2.75) is 26.4 Å². The molecule has 1 aromatic heterocycles. The molecule has 0 aromatic carbocycles. The standard InChI is InChI=1S/C12H22N4O2/c1-3-8-18-11-4-5-14-12(16-11)15-7-6-13-9-10(2)17/h4-5,10,13,17H,3,6-9H2,1-2H3,(H,14,15,16). The van der Waals surface area contributed by atoms with Gasteiger partial charge in [0.25, 0.3) is 0 Å². The van der Waals surface area contributed by atoms with Gasteiger partial charge in [0.05, 0.1) is 12.7 Å². The van der Waals surface area contributed by atoms with Crippen LogP contribution in [0.2, 0.25) is 0 Å². The number of rotatable bonds is 9. The summed E-state index contributed by atoms with van der Waals surface area (Å²) in [6.07, 6.45) is 2.30. The molecule has 0 bridgehead atoms. The molecule has 0 spiro atoms. The third-order valence-corrected chi connectivity index (χ3v) is 2.11. The minimum absolute atomic E-state index is 0.327. The topological polar surface area (TPSA) is 79.3 Å². The van der Waals surface area contributed by atoms with Crippen molar-refractivity contribution in [2.75, 3.05) is 31.6 Å². The Morgan fingerprint density at radius 2 is 2.28 bits per heavy atom. The number of hydrogen-bond donors (Lipinski definition) is 3. The van der Waals surface area contributed by atoms with Gasteiger partial charge in [-0.2, -0.15) is 4.98 Å². The Balaban J connectivity index is 2.24. The Hall–Kier alpha value is -1.40. The van der Waals surface area contributed by atoms with Crippen LogP contribution in [0.25, 0.3) is 0 Å². The van der Waals surface area contributed by atoms with Gasteiger partial charge in [0, 0.05) is 31.9 Å². The molecule has 3 N–H and O–H groups in total. The van der Waals surface area contributed by atoms with E-state index >= 15 is 0 Å². The molecule has 0 saturated heterocycles. The van der Waals surface area contributed by atoms with Crippen molar-refractivity contribution in [1.82, 2.24) is 15.3 Å². The van der Waals surface area contributed by atoms with Crippen molar-refractivity contribution >= 4 is 5.95 Å². The maximum Gasteiger partial charge on any atom is 0.225 e. The summed E-state index contributed by atoms with van der Waals surface area (Å²) in [5.74, 6) is 1.15. The predicted molar refractivity (Wildman–Crippen MR) is 70.9 cm³/mol. The lowest BCUT2D eigenvalue weighted by Crippen LogP contribution is -2.29. The molecule has 1 atom stereocenters. The van der Waals surface area contributed by atoms with Gasteiger partial charge < -0.3 is 20.5 Å². The summed E-state index contributed by atoms with van der Waals surface area (Å²) in [4.78, 5) is 8.32. The number of hydrogen-bond acceptors (Lipinski definition) is 6. The third-order valence-electron chi connectivity index (χ3n) is 2.11. The molecule has 6 heteroatoms. The summed E-state index contributed by atoms with van der Waals surface area (Å²) in [7, 11) is 0. The molecular weight excluding hydrogens is 232 g/mol. The Labute approximate surface area is 108 Å². The number of nitrogens with one attached hydrogen (secondary N) is 2. The normalized spacial score (nSPS) is 12.2. The number of aliphatic hydroxyl groups is 1. The summed E-state index contributed by atoms with van der Waals surface area (Å²) >= 11 is 0. The van der Waals surface area contributed by atoms with Crippen molar-refractivity contribution < 1.29 is 9.84 Å². The summed E-state index contributed by atoms with van der Waals surface area (Å²) in [6, 6.07) is 1.74. The fraction of sp³-hybridized carbons (Fsp3) is 0.667. The highest BCUT2D eigenvalue weighted by molar-refractivity contribution is 5.27. The number of ether oxygens (including phenoxy) is 1. The van der Waals surface area contributed by atoms with Crippen LogP contribution in [-0.2, 0) is 0 Å². The number of anilines is 1.